The number of carbonyl (C=O) groups is 1. The molecule has 0 saturated carbocycles. The lowest BCUT2D eigenvalue weighted by molar-refractivity contribution is -0.117. The standard InChI is InChI=1S/C23H28N2O4/c1-16-4-3-5-19(12-16)25-22(26)17(2)24-14-23(8-10-27-11-9-23)18-6-7-20-21(13-18)29-15-28-20/h3-7,12-13,17,24H,8-11,14-15H2,1-2H3,(H,25,26). The summed E-state index contributed by atoms with van der Waals surface area (Å²) in [5.74, 6) is 1.54. The first-order valence-corrected chi connectivity index (χ1v) is 10.1. The molecule has 1 saturated heterocycles. The molecule has 4 rings (SSSR count). The minimum Gasteiger partial charge on any atom is -0.454 e. The molecule has 0 aromatic heterocycles. The molecule has 0 bridgehead atoms. The Morgan fingerprint density at radius 1 is 1.10 bits per heavy atom. The minimum atomic E-state index is -0.316. The van der Waals surface area contributed by atoms with Crippen LogP contribution in [0.15, 0.2) is 42.5 Å². The van der Waals surface area contributed by atoms with Crippen LogP contribution in [0.1, 0.15) is 30.9 Å². The van der Waals surface area contributed by atoms with Crippen LogP contribution in [-0.4, -0.2) is 38.5 Å². The zero-order chi connectivity index (χ0) is 20.3. The molecule has 2 aromatic rings. The molecular weight excluding hydrogens is 368 g/mol. The van der Waals surface area contributed by atoms with Crippen LogP contribution in [0.4, 0.5) is 5.69 Å². The molecule has 0 aliphatic carbocycles. The number of nitrogens with one attached hydrogen (secondary N) is 2. The Balaban J connectivity index is 1.45. The fourth-order valence-electron chi connectivity index (χ4n) is 3.97. The van der Waals surface area contributed by atoms with Crippen molar-refractivity contribution in [2.75, 3.05) is 31.9 Å². The van der Waals surface area contributed by atoms with Gasteiger partial charge in [-0.3, -0.25) is 4.79 Å². The van der Waals surface area contributed by atoms with Gasteiger partial charge in [0.1, 0.15) is 0 Å². The largest absolute Gasteiger partial charge is 0.454 e. The molecule has 29 heavy (non-hydrogen) atoms. The van der Waals surface area contributed by atoms with Gasteiger partial charge in [0.25, 0.3) is 0 Å². The summed E-state index contributed by atoms with van der Waals surface area (Å²) in [5.41, 5.74) is 3.04. The maximum absolute atomic E-state index is 12.7. The van der Waals surface area contributed by atoms with Crippen molar-refractivity contribution >= 4 is 11.6 Å². The van der Waals surface area contributed by atoms with Gasteiger partial charge in [-0.05, 0) is 62.1 Å². The van der Waals surface area contributed by atoms with E-state index in [-0.39, 0.29) is 24.2 Å². The highest BCUT2D eigenvalue weighted by Gasteiger charge is 2.36. The van der Waals surface area contributed by atoms with Gasteiger partial charge >= 0.3 is 0 Å². The SMILES string of the molecule is Cc1cccc(NC(=O)C(C)NCC2(c3ccc4c(c3)OCO4)CCOCC2)c1. The van der Waals surface area contributed by atoms with Gasteiger partial charge in [0.15, 0.2) is 11.5 Å². The number of hydrogen-bond acceptors (Lipinski definition) is 5. The minimum absolute atomic E-state index is 0.0384. The third kappa shape index (κ3) is 4.38. The third-order valence-corrected chi connectivity index (χ3v) is 5.86. The summed E-state index contributed by atoms with van der Waals surface area (Å²) < 4.78 is 16.6. The van der Waals surface area contributed by atoms with Crippen molar-refractivity contribution in [1.29, 1.82) is 0 Å². The number of carbonyl (C=O) groups excluding carboxylic acids is 1. The normalized spacial score (nSPS) is 18.3. The van der Waals surface area contributed by atoms with Crippen LogP contribution >= 0.6 is 0 Å². The van der Waals surface area contributed by atoms with E-state index < -0.39 is 0 Å². The Morgan fingerprint density at radius 2 is 1.90 bits per heavy atom. The van der Waals surface area contributed by atoms with Crippen molar-refractivity contribution in [3.63, 3.8) is 0 Å². The van der Waals surface area contributed by atoms with E-state index in [1.807, 2.05) is 44.2 Å². The number of benzene rings is 2. The summed E-state index contributed by atoms with van der Waals surface area (Å²) >= 11 is 0. The molecule has 2 heterocycles. The van der Waals surface area contributed by atoms with Gasteiger partial charge < -0.3 is 24.8 Å². The van der Waals surface area contributed by atoms with Gasteiger partial charge in [0.05, 0.1) is 6.04 Å². The summed E-state index contributed by atoms with van der Waals surface area (Å²) in [7, 11) is 0. The van der Waals surface area contributed by atoms with Crippen LogP contribution < -0.4 is 20.1 Å². The van der Waals surface area contributed by atoms with Crippen molar-refractivity contribution in [3.05, 3.63) is 53.6 Å². The van der Waals surface area contributed by atoms with Gasteiger partial charge in [-0.25, -0.2) is 0 Å². The molecular formula is C23H28N2O4. The van der Waals surface area contributed by atoms with E-state index in [0.717, 1.165) is 35.6 Å². The van der Waals surface area contributed by atoms with E-state index in [4.69, 9.17) is 14.2 Å². The number of hydrogen-bond donors (Lipinski definition) is 2. The molecule has 2 aliphatic rings. The van der Waals surface area contributed by atoms with E-state index in [1.165, 1.54) is 5.56 Å². The molecule has 6 nitrogen and oxygen atoms in total. The van der Waals surface area contributed by atoms with Crippen molar-refractivity contribution in [1.82, 2.24) is 5.32 Å². The van der Waals surface area contributed by atoms with Crippen LogP contribution in [-0.2, 0) is 14.9 Å². The second kappa shape index (κ2) is 8.43. The number of aryl methyl sites for hydroxylation is 1. The van der Waals surface area contributed by atoms with Crippen molar-refractivity contribution in [2.45, 2.75) is 38.1 Å². The van der Waals surface area contributed by atoms with Crippen molar-refractivity contribution in [2.24, 2.45) is 0 Å². The van der Waals surface area contributed by atoms with Crippen molar-refractivity contribution in [3.8, 4) is 11.5 Å². The molecule has 154 valence electrons. The third-order valence-electron chi connectivity index (χ3n) is 5.86. The second-order valence-corrected chi connectivity index (χ2v) is 7.92. The average Bonchev–Trinajstić information content (AvgIpc) is 3.20. The lowest BCUT2D eigenvalue weighted by atomic mass is 9.74. The van der Waals surface area contributed by atoms with Crippen LogP contribution in [0.3, 0.4) is 0 Å². The van der Waals surface area contributed by atoms with E-state index in [9.17, 15) is 4.79 Å². The molecule has 6 heteroatoms. The van der Waals surface area contributed by atoms with Gasteiger partial charge in [0, 0.05) is 30.9 Å². The first-order valence-electron chi connectivity index (χ1n) is 10.1. The first kappa shape index (κ1) is 19.7. The van der Waals surface area contributed by atoms with Crippen LogP contribution in [0, 0.1) is 6.92 Å². The highest BCUT2D eigenvalue weighted by atomic mass is 16.7. The van der Waals surface area contributed by atoms with Crippen LogP contribution in [0.2, 0.25) is 0 Å². The monoisotopic (exact) mass is 396 g/mol. The Hall–Kier alpha value is -2.57. The Labute approximate surface area is 171 Å². The lowest BCUT2D eigenvalue weighted by Gasteiger charge is -2.38. The average molecular weight is 396 g/mol. The molecule has 1 amide bonds. The number of rotatable bonds is 6. The summed E-state index contributed by atoms with van der Waals surface area (Å²) in [6, 6.07) is 13.7. The Kier molecular flexibility index (Phi) is 5.74. The number of ether oxygens (including phenoxy) is 3. The topological polar surface area (TPSA) is 68.8 Å². The number of anilines is 1. The lowest BCUT2D eigenvalue weighted by Crippen LogP contribution is -2.48. The van der Waals surface area contributed by atoms with Gasteiger partial charge in [-0.2, -0.15) is 0 Å². The zero-order valence-electron chi connectivity index (χ0n) is 17.0. The van der Waals surface area contributed by atoms with Gasteiger partial charge in [0.2, 0.25) is 12.7 Å². The Morgan fingerprint density at radius 3 is 2.69 bits per heavy atom. The smallest absolute Gasteiger partial charge is 0.241 e. The van der Waals surface area contributed by atoms with Crippen LogP contribution in [0.5, 0.6) is 11.5 Å². The highest BCUT2D eigenvalue weighted by molar-refractivity contribution is 5.94. The van der Waals surface area contributed by atoms with E-state index in [0.29, 0.717) is 19.8 Å². The molecule has 1 unspecified atom stereocenters. The number of amides is 1. The zero-order valence-corrected chi connectivity index (χ0v) is 17.0. The van der Waals surface area contributed by atoms with E-state index in [2.05, 4.69) is 22.8 Å². The summed E-state index contributed by atoms with van der Waals surface area (Å²) in [6.45, 7) is 6.29. The molecule has 2 N–H and O–H groups in total. The van der Waals surface area contributed by atoms with Crippen molar-refractivity contribution < 1.29 is 19.0 Å². The molecule has 0 radical (unpaired) electrons. The fourth-order valence-corrected chi connectivity index (χ4v) is 3.97. The number of fused-ring (bicyclic) bond motifs is 1. The van der Waals surface area contributed by atoms with E-state index >= 15 is 0 Å². The van der Waals surface area contributed by atoms with Crippen LogP contribution in [0.25, 0.3) is 0 Å². The van der Waals surface area contributed by atoms with Gasteiger partial charge in [-0.15, -0.1) is 0 Å². The second-order valence-electron chi connectivity index (χ2n) is 7.92. The molecule has 1 atom stereocenters. The predicted octanol–water partition coefficient (Wildman–Crippen LogP) is 3.39. The van der Waals surface area contributed by atoms with Gasteiger partial charge in [-0.1, -0.05) is 18.2 Å². The molecule has 0 spiro atoms. The first-order chi connectivity index (χ1) is 14.1. The Bertz CT molecular complexity index is 877. The maximum atomic E-state index is 12.7. The maximum Gasteiger partial charge on any atom is 0.241 e. The summed E-state index contributed by atoms with van der Waals surface area (Å²) in [4.78, 5) is 12.7. The fraction of sp³-hybridized carbons (Fsp3) is 0.435. The highest BCUT2D eigenvalue weighted by Crippen LogP contribution is 2.40. The molecule has 1 fully saturated rings. The summed E-state index contributed by atoms with van der Waals surface area (Å²) in [5, 5.41) is 6.45. The predicted molar refractivity (Wildman–Crippen MR) is 112 cm³/mol. The molecule has 2 aromatic carbocycles. The van der Waals surface area contributed by atoms with E-state index in [1.54, 1.807) is 0 Å². The summed E-state index contributed by atoms with van der Waals surface area (Å²) in [6.07, 6.45) is 1.79. The molecule has 2 aliphatic heterocycles. The quantitative estimate of drug-likeness (QED) is 0.783.